The van der Waals surface area contributed by atoms with Gasteiger partial charge in [0, 0.05) is 11.6 Å². The van der Waals surface area contributed by atoms with Gasteiger partial charge in [-0.2, -0.15) is 0 Å². The van der Waals surface area contributed by atoms with Crippen LogP contribution < -0.4 is 14.4 Å². The van der Waals surface area contributed by atoms with Gasteiger partial charge in [0.25, 0.3) is 0 Å². The highest BCUT2D eigenvalue weighted by molar-refractivity contribution is 7.16. The molecule has 0 bridgehead atoms. The smallest absolute Gasteiger partial charge is 0.396 e. The first-order chi connectivity index (χ1) is 14.0. The Morgan fingerprint density at radius 2 is 1.72 bits per heavy atom. The summed E-state index contributed by atoms with van der Waals surface area (Å²) in [6, 6.07) is 18.0. The molecule has 1 heterocycles. The maximum atomic E-state index is 12.5. The second kappa shape index (κ2) is 7.93. The SMILES string of the molecule is CCOc1ccc(-c2cc(OC(=O)c3ccc(C)cc3)cc3sc(=O)oc23)cc1. The van der Waals surface area contributed by atoms with E-state index in [1.54, 1.807) is 24.3 Å². The number of ether oxygens (including phenoxy) is 2. The molecule has 0 saturated heterocycles. The zero-order valence-electron chi connectivity index (χ0n) is 15.9. The maximum absolute atomic E-state index is 12.5. The predicted octanol–water partition coefficient (Wildman–Crippen LogP) is 5.45. The minimum absolute atomic E-state index is 0.351. The molecule has 29 heavy (non-hydrogen) atoms. The molecule has 1 aromatic heterocycles. The average Bonchev–Trinajstić information content (AvgIpc) is 3.09. The van der Waals surface area contributed by atoms with Crippen molar-refractivity contribution in [1.82, 2.24) is 0 Å². The van der Waals surface area contributed by atoms with Crippen LogP contribution >= 0.6 is 11.3 Å². The Hall–Kier alpha value is -3.38. The molecular weight excluding hydrogens is 388 g/mol. The molecule has 6 heteroatoms. The zero-order chi connectivity index (χ0) is 20.4. The Kier molecular flexibility index (Phi) is 5.18. The molecule has 0 saturated carbocycles. The molecule has 4 aromatic rings. The monoisotopic (exact) mass is 406 g/mol. The molecule has 0 radical (unpaired) electrons. The van der Waals surface area contributed by atoms with E-state index in [-0.39, 0.29) is 0 Å². The largest absolute Gasteiger partial charge is 0.494 e. The van der Waals surface area contributed by atoms with Crippen molar-refractivity contribution >= 4 is 27.6 Å². The molecule has 0 unspecified atom stereocenters. The van der Waals surface area contributed by atoms with Gasteiger partial charge in [0.05, 0.1) is 16.9 Å². The van der Waals surface area contributed by atoms with Crippen LogP contribution in [0.1, 0.15) is 22.8 Å². The normalized spacial score (nSPS) is 10.8. The van der Waals surface area contributed by atoms with Crippen LogP contribution in [0.3, 0.4) is 0 Å². The highest BCUT2D eigenvalue weighted by atomic mass is 32.1. The van der Waals surface area contributed by atoms with Crippen molar-refractivity contribution in [1.29, 1.82) is 0 Å². The van der Waals surface area contributed by atoms with Gasteiger partial charge in [0.1, 0.15) is 11.5 Å². The third-order valence-corrected chi connectivity index (χ3v) is 5.15. The van der Waals surface area contributed by atoms with Gasteiger partial charge in [-0.1, -0.05) is 41.2 Å². The second-order valence-corrected chi connectivity index (χ2v) is 7.44. The lowest BCUT2D eigenvalue weighted by Gasteiger charge is -2.09. The molecule has 0 aliphatic rings. The fourth-order valence-corrected chi connectivity index (χ4v) is 3.70. The van der Waals surface area contributed by atoms with E-state index in [9.17, 15) is 9.59 Å². The Labute approximate surface area is 171 Å². The van der Waals surface area contributed by atoms with Gasteiger partial charge < -0.3 is 13.9 Å². The van der Waals surface area contributed by atoms with Crippen molar-refractivity contribution in [3.63, 3.8) is 0 Å². The van der Waals surface area contributed by atoms with Gasteiger partial charge in [-0.3, -0.25) is 0 Å². The molecule has 146 valence electrons. The lowest BCUT2D eigenvalue weighted by Crippen LogP contribution is -2.08. The summed E-state index contributed by atoms with van der Waals surface area (Å²) in [6.07, 6.45) is 0. The van der Waals surface area contributed by atoms with Crippen LogP contribution in [0.2, 0.25) is 0 Å². The molecule has 0 aliphatic carbocycles. The molecule has 0 aliphatic heterocycles. The molecule has 0 atom stereocenters. The summed E-state index contributed by atoms with van der Waals surface area (Å²) in [5, 5.41) is 0. The van der Waals surface area contributed by atoms with Crippen molar-refractivity contribution < 1.29 is 18.7 Å². The van der Waals surface area contributed by atoms with E-state index in [0.29, 0.717) is 33.8 Å². The highest BCUT2D eigenvalue weighted by Crippen LogP contribution is 2.35. The number of fused-ring (bicyclic) bond motifs is 1. The molecule has 5 nitrogen and oxygen atoms in total. The molecule has 0 fully saturated rings. The van der Waals surface area contributed by atoms with Crippen LogP contribution in [0.15, 0.2) is 69.9 Å². The second-order valence-electron chi connectivity index (χ2n) is 6.47. The van der Waals surface area contributed by atoms with Gasteiger partial charge in [0.2, 0.25) is 0 Å². The number of hydrogen-bond acceptors (Lipinski definition) is 6. The first kappa shape index (κ1) is 19.0. The summed E-state index contributed by atoms with van der Waals surface area (Å²) >= 11 is 0.973. The van der Waals surface area contributed by atoms with Crippen LogP contribution in [0.4, 0.5) is 0 Å². The molecule has 0 N–H and O–H groups in total. The average molecular weight is 406 g/mol. The van der Waals surface area contributed by atoms with Crippen molar-refractivity contribution in [3.05, 3.63) is 81.5 Å². The van der Waals surface area contributed by atoms with E-state index in [2.05, 4.69) is 0 Å². The van der Waals surface area contributed by atoms with Crippen LogP contribution in [0, 0.1) is 6.92 Å². The number of hydrogen-bond donors (Lipinski definition) is 0. The predicted molar refractivity (Wildman–Crippen MR) is 113 cm³/mol. The summed E-state index contributed by atoms with van der Waals surface area (Å²) in [5.74, 6) is 0.642. The number of aryl methyl sites for hydroxylation is 1. The van der Waals surface area contributed by atoms with E-state index in [1.807, 2.05) is 50.2 Å². The molecule has 4 rings (SSSR count). The van der Waals surface area contributed by atoms with E-state index >= 15 is 0 Å². The first-order valence-corrected chi connectivity index (χ1v) is 9.95. The summed E-state index contributed by atoms with van der Waals surface area (Å²) in [7, 11) is 0. The lowest BCUT2D eigenvalue weighted by molar-refractivity contribution is 0.0735. The first-order valence-electron chi connectivity index (χ1n) is 9.13. The van der Waals surface area contributed by atoms with Crippen LogP contribution in [0.25, 0.3) is 21.4 Å². The zero-order valence-corrected chi connectivity index (χ0v) is 16.7. The summed E-state index contributed by atoms with van der Waals surface area (Å²) in [4.78, 5) is 23.9. The molecule has 0 amide bonds. The standard InChI is InChI=1S/C23H18O5S/c1-3-26-17-10-8-15(9-11-17)19-12-18(13-20-21(19)28-23(25)29-20)27-22(24)16-6-4-14(2)5-7-16/h4-13H,3H2,1-2H3. The van der Waals surface area contributed by atoms with Gasteiger partial charge in [0.15, 0.2) is 5.58 Å². The summed E-state index contributed by atoms with van der Waals surface area (Å²) in [6.45, 7) is 4.45. The van der Waals surface area contributed by atoms with E-state index in [4.69, 9.17) is 13.9 Å². The summed E-state index contributed by atoms with van der Waals surface area (Å²) in [5.41, 5.74) is 3.49. The van der Waals surface area contributed by atoms with E-state index in [1.165, 1.54) is 0 Å². The van der Waals surface area contributed by atoms with Crippen molar-refractivity contribution in [2.75, 3.05) is 6.61 Å². The Morgan fingerprint density at radius 1 is 1.00 bits per heavy atom. The third-order valence-electron chi connectivity index (χ3n) is 4.38. The Balaban J connectivity index is 1.73. The number of carbonyl (C=O) groups is 1. The molecule has 3 aromatic carbocycles. The fraction of sp³-hybridized carbons (Fsp3) is 0.130. The van der Waals surface area contributed by atoms with Gasteiger partial charge in [-0.05, 0) is 49.7 Å². The summed E-state index contributed by atoms with van der Waals surface area (Å²) < 4.78 is 17.1. The van der Waals surface area contributed by atoms with Crippen molar-refractivity contribution in [2.45, 2.75) is 13.8 Å². The minimum Gasteiger partial charge on any atom is -0.494 e. The third kappa shape index (κ3) is 4.07. The quantitative estimate of drug-likeness (QED) is 0.326. The van der Waals surface area contributed by atoms with Crippen LogP contribution in [0.5, 0.6) is 11.5 Å². The minimum atomic E-state index is -0.460. The topological polar surface area (TPSA) is 65.7 Å². The number of benzene rings is 3. The van der Waals surface area contributed by atoms with E-state index < -0.39 is 10.9 Å². The van der Waals surface area contributed by atoms with Gasteiger partial charge >= 0.3 is 10.9 Å². The van der Waals surface area contributed by atoms with Gasteiger partial charge in [-0.25, -0.2) is 9.59 Å². The van der Waals surface area contributed by atoms with Crippen molar-refractivity contribution in [3.8, 4) is 22.6 Å². The number of rotatable bonds is 5. The maximum Gasteiger partial charge on any atom is 0.396 e. The van der Waals surface area contributed by atoms with Crippen LogP contribution in [-0.4, -0.2) is 12.6 Å². The highest BCUT2D eigenvalue weighted by Gasteiger charge is 2.16. The number of carbonyl (C=O) groups excluding carboxylic acids is 1. The Morgan fingerprint density at radius 3 is 2.41 bits per heavy atom. The Bertz CT molecular complexity index is 1220. The molecule has 0 spiro atoms. The fourth-order valence-electron chi connectivity index (χ4n) is 2.98. The van der Waals surface area contributed by atoms with Crippen molar-refractivity contribution in [2.24, 2.45) is 0 Å². The lowest BCUT2D eigenvalue weighted by atomic mass is 10.0. The molecular formula is C23H18O5S. The van der Waals surface area contributed by atoms with Gasteiger partial charge in [-0.15, -0.1) is 0 Å². The number of esters is 1. The van der Waals surface area contributed by atoms with E-state index in [0.717, 1.165) is 28.2 Å². The van der Waals surface area contributed by atoms with Crippen LogP contribution in [-0.2, 0) is 0 Å².